The fourth-order valence-corrected chi connectivity index (χ4v) is 2.99. The molecule has 1 fully saturated rings. The van der Waals surface area contributed by atoms with E-state index >= 15 is 0 Å². The van der Waals surface area contributed by atoms with E-state index in [0.717, 1.165) is 0 Å². The maximum atomic E-state index is 13.9. The number of urea groups is 1. The lowest BCUT2D eigenvalue weighted by Gasteiger charge is -2.26. The summed E-state index contributed by atoms with van der Waals surface area (Å²) in [5.74, 6) is -0.754. The number of carbonyl (C=O) groups is 3. The third kappa shape index (κ3) is 6.49. The van der Waals surface area contributed by atoms with Gasteiger partial charge in [0.1, 0.15) is 5.82 Å². The van der Waals surface area contributed by atoms with Crippen LogP contribution in [0, 0.1) is 11.7 Å². The second-order valence-electron chi connectivity index (χ2n) is 7.21. The van der Waals surface area contributed by atoms with Gasteiger partial charge in [0.05, 0.1) is 25.8 Å². The maximum Gasteiger partial charge on any atom is 0.312 e. The summed E-state index contributed by atoms with van der Waals surface area (Å²) >= 11 is 0. The van der Waals surface area contributed by atoms with Gasteiger partial charge in [-0.1, -0.05) is 32.0 Å². The predicted molar refractivity (Wildman–Crippen MR) is 101 cm³/mol. The molecule has 1 unspecified atom stereocenters. The number of hydrogen-bond donors (Lipinski definition) is 2. The molecule has 2 rings (SSSR count). The number of rotatable bonds is 7. The first-order valence-electron chi connectivity index (χ1n) is 9.20. The SMILES string of the molecule is CC(C)CN1CC(OCc2ccccc2F)CN(C(=O)CNC(N)=O)CC1=O. The molecule has 9 heteroatoms. The molecule has 1 aliphatic rings. The molecule has 0 radical (unpaired) electrons. The molecule has 0 spiro atoms. The van der Waals surface area contributed by atoms with Gasteiger partial charge in [0, 0.05) is 25.2 Å². The van der Waals surface area contributed by atoms with Gasteiger partial charge >= 0.3 is 6.03 Å². The van der Waals surface area contributed by atoms with Crippen LogP contribution < -0.4 is 11.1 Å². The lowest BCUT2D eigenvalue weighted by Crippen LogP contribution is -2.46. The van der Waals surface area contributed by atoms with Crippen molar-refractivity contribution in [2.24, 2.45) is 11.7 Å². The highest BCUT2D eigenvalue weighted by molar-refractivity contribution is 5.88. The lowest BCUT2D eigenvalue weighted by atomic mass is 10.2. The Morgan fingerprint density at radius 2 is 2.04 bits per heavy atom. The van der Waals surface area contributed by atoms with Crippen LogP contribution in [0.5, 0.6) is 0 Å². The number of hydrogen-bond acceptors (Lipinski definition) is 4. The van der Waals surface area contributed by atoms with Crippen LogP contribution in [0.25, 0.3) is 0 Å². The minimum Gasteiger partial charge on any atom is -0.370 e. The van der Waals surface area contributed by atoms with Gasteiger partial charge in [-0.3, -0.25) is 9.59 Å². The minimum atomic E-state index is -0.816. The molecule has 154 valence electrons. The molecule has 1 saturated heterocycles. The zero-order valence-electron chi connectivity index (χ0n) is 16.2. The van der Waals surface area contributed by atoms with Crippen LogP contribution >= 0.6 is 0 Å². The second-order valence-corrected chi connectivity index (χ2v) is 7.21. The molecular weight excluding hydrogens is 367 g/mol. The van der Waals surface area contributed by atoms with E-state index in [0.29, 0.717) is 18.7 Å². The molecule has 28 heavy (non-hydrogen) atoms. The van der Waals surface area contributed by atoms with Crippen LogP contribution in [0.2, 0.25) is 0 Å². The van der Waals surface area contributed by atoms with E-state index < -0.39 is 18.0 Å². The van der Waals surface area contributed by atoms with Crippen molar-refractivity contribution in [3.63, 3.8) is 0 Å². The molecule has 1 atom stereocenters. The number of nitrogens with two attached hydrogens (primary N) is 1. The van der Waals surface area contributed by atoms with Crippen molar-refractivity contribution in [2.45, 2.75) is 26.6 Å². The van der Waals surface area contributed by atoms with Crippen molar-refractivity contribution in [3.8, 4) is 0 Å². The highest BCUT2D eigenvalue weighted by Crippen LogP contribution is 2.14. The molecule has 0 bridgehead atoms. The zero-order chi connectivity index (χ0) is 20.7. The quantitative estimate of drug-likeness (QED) is 0.710. The smallest absolute Gasteiger partial charge is 0.312 e. The van der Waals surface area contributed by atoms with E-state index in [-0.39, 0.29) is 43.9 Å². The lowest BCUT2D eigenvalue weighted by molar-refractivity contribution is -0.138. The standard InChI is InChI=1S/C19H27FN4O4/c1-13(2)8-23-9-15(28-12-14-5-3-4-6-16(14)20)10-24(11-18(23)26)17(25)7-22-19(21)27/h3-6,13,15H,7-12H2,1-2H3,(H3,21,22,27). The highest BCUT2D eigenvalue weighted by Gasteiger charge is 2.31. The molecule has 1 aliphatic heterocycles. The fourth-order valence-electron chi connectivity index (χ4n) is 2.99. The van der Waals surface area contributed by atoms with Gasteiger partial charge in [-0.2, -0.15) is 0 Å². The van der Waals surface area contributed by atoms with E-state index in [1.165, 1.54) is 11.0 Å². The Labute approximate surface area is 163 Å². The Balaban J connectivity index is 2.10. The Morgan fingerprint density at radius 1 is 1.32 bits per heavy atom. The summed E-state index contributed by atoms with van der Waals surface area (Å²) < 4.78 is 19.7. The Bertz CT molecular complexity index is 713. The third-order valence-corrected chi connectivity index (χ3v) is 4.31. The molecule has 1 aromatic carbocycles. The van der Waals surface area contributed by atoms with Crippen molar-refractivity contribution in [2.75, 3.05) is 32.7 Å². The number of nitrogens with one attached hydrogen (secondary N) is 1. The minimum absolute atomic E-state index is 0.0304. The third-order valence-electron chi connectivity index (χ3n) is 4.31. The van der Waals surface area contributed by atoms with Gasteiger partial charge in [0.15, 0.2) is 0 Å². The van der Waals surface area contributed by atoms with Crippen molar-refractivity contribution in [1.29, 1.82) is 0 Å². The van der Waals surface area contributed by atoms with Gasteiger partial charge < -0.3 is 25.6 Å². The number of ether oxygens (including phenoxy) is 1. The van der Waals surface area contributed by atoms with Crippen LogP contribution in [0.3, 0.4) is 0 Å². The zero-order valence-corrected chi connectivity index (χ0v) is 16.2. The van der Waals surface area contributed by atoms with Crippen LogP contribution in [-0.2, 0) is 20.9 Å². The maximum absolute atomic E-state index is 13.9. The number of carbonyl (C=O) groups excluding carboxylic acids is 3. The fraction of sp³-hybridized carbons (Fsp3) is 0.526. The first-order valence-corrected chi connectivity index (χ1v) is 9.20. The molecule has 0 aliphatic carbocycles. The monoisotopic (exact) mass is 394 g/mol. The van der Waals surface area contributed by atoms with E-state index in [1.54, 1.807) is 23.1 Å². The summed E-state index contributed by atoms with van der Waals surface area (Å²) in [6.07, 6.45) is -0.484. The van der Waals surface area contributed by atoms with Crippen LogP contribution in [0.15, 0.2) is 24.3 Å². The molecule has 0 saturated carbocycles. The van der Waals surface area contributed by atoms with Gasteiger partial charge in [-0.05, 0) is 12.0 Å². The molecule has 4 amide bonds. The van der Waals surface area contributed by atoms with E-state index in [1.807, 2.05) is 13.8 Å². The topological polar surface area (TPSA) is 105 Å². The van der Waals surface area contributed by atoms with Crippen molar-refractivity contribution >= 4 is 17.8 Å². The second kappa shape index (κ2) is 10.0. The molecular formula is C19H27FN4O4. The number of halogens is 1. The molecule has 1 heterocycles. The molecule has 8 nitrogen and oxygen atoms in total. The first kappa shape index (κ1) is 21.6. The molecule has 0 aromatic heterocycles. The Hall–Kier alpha value is -2.68. The summed E-state index contributed by atoms with van der Waals surface area (Å²) in [6.45, 7) is 4.60. The summed E-state index contributed by atoms with van der Waals surface area (Å²) in [4.78, 5) is 38.8. The van der Waals surface area contributed by atoms with Gasteiger partial charge in [0.25, 0.3) is 0 Å². The number of primary amides is 1. The van der Waals surface area contributed by atoms with Crippen LogP contribution in [-0.4, -0.2) is 66.5 Å². The number of amides is 4. The summed E-state index contributed by atoms with van der Waals surface area (Å²) in [6, 6.07) is 5.48. The van der Waals surface area contributed by atoms with E-state index in [4.69, 9.17) is 10.5 Å². The van der Waals surface area contributed by atoms with Crippen molar-refractivity contribution in [3.05, 3.63) is 35.6 Å². The average Bonchev–Trinajstić information content (AvgIpc) is 2.78. The first-order chi connectivity index (χ1) is 13.3. The Kier molecular flexibility index (Phi) is 7.74. The number of nitrogens with zero attached hydrogens (tertiary/aromatic N) is 2. The largest absolute Gasteiger partial charge is 0.370 e. The van der Waals surface area contributed by atoms with Crippen LogP contribution in [0.4, 0.5) is 9.18 Å². The predicted octanol–water partition coefficient (Wildman–Crippen LogP) is 0.706. The normalized spacial score (nSPS) is 17.6. The van der Waals surface area contributed by atoms with Gasteiger partial charge in [0.2, 0.25) is 11.8 Å². The summed E-state index contributed by atoms with van der Waals surface area (Å²) in [5.41, 5.74) is 5.41. The van der Waals surface area contributed by atoms with Crippen molar-refractivity contribution < 1.29 is 23.5 Å². The molecule has 3 N–H and O–H groups in total. The summed E-state index contributed by atoms with van der Waals surface area (Å²) in [7, 11) is 0. The van der Waals surface area contributed by atoms with E-state index in [2.05, 4.69) is 5.32 Å². The van der Waals surface area contributed by atoms with Gasteiger partial charge in [-0.15, -0.1) is 0 Å². The van der Waals surface area contributed by atoms with Gasteiger partial charge in [-0.25, -0.2) is 9.18 Å². The van der Waals surface area contributed by atoms with E-state index in [9.17, 15) is 18.8 Å². The Morgan fingerprint density at radius 3 is 2.68 bits per heavy atom. The molecule has 1 aromatic rings. The summed E-state index contributed by atoms with van der Waals surface area (Å²) in [5, 5.41) is 2.23. The average molecular weight is 394 g/mol. The van der Waals surface area contributed by atoms with Crippen LogP contribution in [0.1, 0.15) is 19.4 Å². The van der Waals surface area contributed by atoms with Crippen molar-refractivity contribution in [1.82, 2.24) is 15.1 Å². The highest BCUT2D eigenvalue weighted by atomic mass is 19.1. The number of benzene rings is 1.